The Kier molecular flexibility index (Phi) is 4.66. The summed E-state index contributed by atoms with van der Waals surface area (Å²) in [4.78, 5) is 3.82. The lowest BCUT2D eigenvalue weighted by molar-refractivity contribution is 0.601. The number of sulfonamides is 1. The number of aryl methyl sites for hydroxylation is 1. The molecule has 0 spiro atoms. The Bertz CT molecular complexity index is 750. The van der Waals surface area contributed by atoms with Gasteiger partial charge < -0.3 is 5.43 Å². The molecule has 1 heterocycles. The van der Waals surface area contributed by atoms with Crippen molar-refractivity contribution in [1.82, 2.24) is 4.98 Å². The molecule has 1 aromatic heterocycles. The van der Waals surface area contributed by atoms with E-state index in [0.29, 0.717) is 5.69 Å². The number of nitrogens with two attached hydrogens (primary N) is 1. The SMILES string of the molecule is CCc1cccc(NS(=O)(=O)c2cnc(NN)c(Cl)c2)c1. The molecule has 0 atom stereocenters. The molecule has 112 valence electrons. The number of benzene rings is 1. The van der Waals surface area contributed by atoms with Gasteiger partial charge in [-0.25, -0.2) is 19.2 Å². The van der Waals surface area contributed by atoms with Crippen LogP contribution in [-0.4, -0.2) is 13.4 Å². The predicted molar refractivity (Wildman–Crippen MR) is 83.7 cm³/mol. The van der Waals surface area contributed by atoms with Crippen LogP contribution in [0.3, 0.4) is 0 Å². The molecule has 8 heteroatoms. The maximum Gasteiger partial charge on any atom is 0.263 e. The van der Waals surface area contributed by atoms with Gasteiger partial charge in [-0.05, 0) is 30.2 Å². The van der Waals surface area contributed by atoms with E-state index in [-0.39, 0.29) is 15.7 Å². The molecule has 2 aromatic rings. The first-order valence-electron chi connectivity index (χ1n) is 6.20. The highest BCUT2D eigenvalue weighted by Gasteiger charge is 2.16. The Balaban J connectivity index is 2.31. The molecule has 0 aliphatic carbocycles. The van der Waals surface area contributed by atoms with E-state index in [9.17, 15) is 8.42 Å². The highest BCUT2D eigenvalue weighted by atomic mass is 35.5. The Morgan fingerprint density at radius 3 is 2.71 bits per heavy atom. The van der Waals surface area contributed by atoms with Gasteiger partial charge in [-0.1, -0.05) is 30.7 Å². The maximum atomic E-state index is 12.3. The van der Waals surface area contributed by atoms with Crippen molar-refractivity contribution in [3.8, 4) is 0 Å². The van der Waals surface area contributed by atoms with Crippen LogP contribution >= 0.6 is 11.6 Å². The summed E-state index contributed by atoms with van der Waals surface area (Å²) in [6, 6.07) is 8.47. The summed E-state index contributed by atoms with van der Waals surface area (Å²) in [5, 5.41) is 0.127. The van der Waals surface area contributed by atoms with Crippen LogP contribution in [0.25, 0.3) is 0 Å². The highest BCUT2D eigenvalue weighted by Crippen LogP contribution is 2.23. The molecule has 0 unspecified atom stereocenters. The monoisotopic (exact) mass is 326 g/mol. The number of pyridine rings is 1. The molecule has 0 radical (unpaired) electrons. The highest BCUT2D eigenvalue weighted by molar-refractivity contribution is 7.92. The van der Waals surface area contributed by atoms with Crippen LogP contribution < -0.4 is 16.0 Å². The van der Waals surface area contributed by atoms with Gasteiger partial charge in [0.05, 0.1) is 5.02 Å². The van der Waals surface area contributed by atoms with E-state index in [4.69, 9.17) is 17.4 Å². The lowest BCUT2D eigenvalue weighted by Gasteiger charge is -2.10. The van der Waals surface area contributed by atoms with E-state index in [1.807, 2.05) is 13.0 Å². The third-order valence-corrected chi connectivity index (χ3v) is 4.49. The van der Waals surface area contributed by atoms with Crippen LogP contribution in [0, 0.1) is 0 Å². The Hall–Kier alpha value is -1.83. The topological polar surface area (TPSA) is 97.1 Å². The Morgan fingerprint density at radius 2 is 2.10 bits per heavy atom. The minimum atomic E-state index is -3.75. The van der Waals surface area contributed by atoms with E-state index in [1.54, 1.807) is 18.2 Å². The molecule has 1 aromatic carbocycles. The average molecular weight is 327 g/mol. The van der Waals surface area contributed by atoms with Crippen LogP contribution in [0.15, 0.2) is 41.4 Å². The number of hydrogen-bond acceptors (Lipinski definition) is 5. The first-order chi connectivity index (χ1) is 9.96. The molecule has 4 N–H and O–H groups in total. The van der Waals surface area contributed by atoms with Gasteiger partial charge >= 0.3 is 0 Å². The minimum absolute atomic E-state index is 0.0339. The summed E-state index contributed by atoms with van der Waals surface area (Å²) in [6.45, 7) is 2.00. The third kappa shape index (κ3) is 3.63. The van der Waals surface area contributed by atoms with E-state index in [1.165, 1.54) is 12.3 Å². The molecule has 0 aliphatic heterocycles. The van der Waals surface area contributed by atoms with E-state index >= 15 is 0 Å². The van der Waals surface area contributed by atoms with Crippen LogP contribution in [0.4, 0.5) is 11.5 Å². The number of aromatic nitrogens is 1. The second-order valence-electron chi connectivity index (χ2n) is 4.31. The van der Waals surface area contributed by atoms with Gasteiger partial charge in [0.2, 0.25) is 0 Å². The predicted octanol–water partition coefficient (Wildman–Crippen LogP) is 2.38. The molecule has 0 fully saturated rings. The van der Waals surface area contributed by atoms with E-state index < -0.39 is 10.0 Å². The second-order valence-corrected chi connectivity index (χ2v) is 6.39. The van der Waals surface area contributed by atoms with Crippen molar-refractivity contribution in [2.24, 2.45) is 5.84 Å². The standard InChI is InChI=1S/C13H15ClN4O2S/c1-2-9-4-3-5-10(6-9)18-21(19,20)11-7-12(14)13(17-15)16-8-11/h3-8,18H,2,15H2,1H3,(H,16,17). The molecule has 6 nitrogen and oxygen atoms in total. The quantitative estimate of drug-likeness (QED) is 0.579. The zero-order chi connectivity index (χ0) is 15.5. The first-order valence-corrected chi connectivity index (χ1v) is 8.06. The van der Waals surface area contributed by atoms with Crippen LogP contribution in [0.2, 0.25) is 5.02 Å². The molecular formula is C13H15ClN4O2S. The Morgan fingerprint density at radius 1 is 1.33 bits per heavy atom. The second kappa shape index (κ2) is 6.30. The van der Waals surface area contributed by atoms with Crippen molar-refractivity contribution in [3.63, 3.8) is 0 Å². The molecule has 0 saturated carbocycles. The average Bonchev–Trinajstić information content (AvgIpc) is 2.47. The van der Waals surface area contributed by atoms with Crippen LogP contribution in [0.5, 0.6) is 0 Å². The summed E-state index contributed by atoms with van der Waals surface area (Å²) in [5.41, 5.74) is 3.81. The fourth-order valence-electron chi connectivity index (χ4n) is 1.74. The van der Waals surface area contributed by atoms with Crippen LogP contribution in [0.1, 0.15) is 12.5 Å². The summed E-state index contributed by atoms with van der Waals surface area (Å²) in [6.07, 6.45) is 2.01. The number of hydrazine groups is 1. The van der Waals surface area contributed by atoms with Gasteiger partial charge in [-0.2, -0.15) is 0 Å². The van der Waals surface area contributed by atoms with Crippen molar-refractivity contribution >= 4 is 33.1 Å². The number of nitrogens with zero attached hydrogens (tertiary/aromatic N) is 1. The molecule has 0 bridgehead atoms. The van der Waals surface area contributed by atoms with E-state index in [2.05, 4.69) is 15.1 Å². The molecular weight excluding hydrogens is 312 g/mol. The third-order valence-electron chi connectivity index (χ3n) is 2.85. The zero-order valence-electron chi connectivity index (χ0n) is 11.3. The normalized spacial score (nSPS) is 11.2. The fourth-order valence-corrected chi connectivity index (χ4v) is 3.05. The molecule has 21 heavy (non-hydrogen) atoms. The van der Waals surface area contributed by atoms with Gasteiger partial charge in [0.25, 0.3) is 10.0 Å². The summed E-state index contributed by atoms with van der Waals surface area (Å²) in [5.74, 6) is 5.41. The molecule has 0 saturated heterocycles. The summed E-state index contributed by atoms with van der Waals surface area (Å²) >= 11 is 5.89. The number of nitrogen functional groups attached to an aromatic ring is 1. The van der Waals surface area contributed by atoms with Gasteiger partial charge in [-0.3, -0.25) is 4.72 Å². The number of hydrogen-bond donors (Lipinski definition) is 3. The lowest BCUT2D eigenvalue weighted by atomic mass is 10.1. The molecule has 0 aliphatic rings. The first kappa shape index (κ1) is 15.6. The molecule has 2 rings (SSSR count). The van der Waals surface area contributed by atoms with Gasteiger partial charge in [0, 0.05) is 11.9 Å². The van der Waals surface area contributed by atoms with Crippen LogP contribution in [-0.2, 0) is 16.4 Å². The number of nitrogens with one attached hydrogen (secondary N) is 2. The smallest absolute Gasteiger partial charge is 0.263 e. The van der Waals surface area contributed by atoms with Crippen molar-refractivity contribution in [2.45, 2.75) is 18.2 Å². The Labute approximate surface area is 128 Å². The lowest BCUT2D eigenvalue weighted by Crippen LogP contribution is -2.15. The summed E-state index contributed by atoms with van der Waals surface area (Å²) < 4.78 is 27.1. The van der Waals surface area contributed by atoms with E-state index in [0.717, 1.165) is 12.0 Å². The molecule has 0 amide bonds. The van der Waals surface area contributed by atoms with Crippen molar-refractivity contribution in [1.29, 1.82) is 0 Å². The number of anilines is 2. The van der Waals surface area contributed by atoms with Crippen molar-refractivity contribution < 1.29 is 8.42 Å². The van der Waals surface area contributed by atoms with Gasteiger partial charge in [-0.15, -0.1) is 0 Å². The summed E-state index contributed by atoms with van der Waals surface area (Å²) in [7, 11) is -3.75. The minimum Gasteiger partial charge on any atom is -0.307 e. The zero-order valence-corrected chi connectivity index (χ0v) is 12.9. The van der Waals surface area contributed by atoms with Gasteiger partial charge in [0.15, 0.2) is 5.82 Å². The van der Waals surface area contributed by atoms with Crippen molar-refractivity contribution in [3.05, 3.63) is 47.1 Å². The van der Waals surface area contributed by atoms with Gasteiger partial charge in [0.1, 0.15) is 4.90 Å². The largest absolute Gasteiger partial charge is 0.307 e. The van der Waals surface area contributed by atoms with Crippen molar-refractivity contribution in [2.75, 3.05) is 10.1 Å². The number of halogens is 1. The fraction of sp³-hybridized carbons (Fsp3) is 0.154. The maximum absolute atomic E-state index is 12.3. The number of rotatable bonds is 5.